The fourth-order valence-electron chi connectivity index (χ4n) is 2.76. The molecule has 0 spiro atoms. The largest absolute Gasteiger partial charge is 0.441 e. The lowest BCUT2D eigenvalue weighted by molar-refractivity contribution is -0.384. The lowest BCUT2D eigenvalue weighted by Gasteiger charge is -2.17. The van der Waals surface area contributed by atoms with E-state index in [0.29, 0.717) is 27.8 Å². The van der Waals surface area contributed by atoms with Gasteiger partial charge in [-0.25, -0.2) is 9.37 Å². The Kier molecular flexibility index (Phi) is 6.23. The number of hydrogen-bond donors (Lipinski definition) is 0. The first-order valence-corrected chi connectivity index (χ1v) is 9.09. The molecule has 0 radical (unpaired) electrons. The summed E-state index contributed by atoms with van der Waals surface area (Å²) in [5.41, 5.74) is 0.690. The van der Waals surface area contributed by atoms with Crippen molar-refractivity contribution in [3.63, 3.8) is 0 Å². The SMILES string of the molecule is CN(Cc1cc([N+](=O)[O-])ccc1Cl)C(=O)CCc1ncc(-c2ccccc2F)o1. The molecular formula is C20H17ClFN3O4. The lowest BCUT2D eigenvalue weighted by Crippen LogP contribution is -2.26. The van der Waals surface area contributed by atoms with Crippen molar-refractivity contribution in [3.05, 3.63) is 81.1 Å². The average molecular weight is 418 g/mol. The normalized spacial score (nSPS) is 10.7. The number of rotatable bonds is 7. The predicted molar refractivity (Wildman–Crippen MR) is 105 cm³/mol. The van der Waals surface area contributed by atoms with E-state index in [4.69, 9.17) is 16.0 Å². The topological polar surface area (TPSA) is 89.5 Å². The van der Waals surface area contributed by atoms with Crippen LogP contribution in [0.2, 0.25) is 5.02 Å². The molecule has 0 atom stereocenters. The van der Waals surface area contributed by atoms with Crippen LogP contribution in [0.4, 0.5) is 10.1 Å². The van der Waals surface area contributed by atoms with E-state index >= 15 is 0 Å². The highest BCUT2D eigenvalue weighted by molar-refractivity contribution is 6.31. The lowest BCUT2D eigenvalue weighted by atomic mass is 10.2. The summed E-state index contributed by atoms with van der Waals surface area (Å²) in [6, 6.07) is 10.3. The summed E-state index contributed by atoms with van der Waals surface area (Å²) < 4.78 is 19.4. The monoisotopic (exact) mass is 417 g/mol. The molecule has 150 valence electrons. The Labute approximate surface area is 170 Å². The highest BCUT2D eigenvalue weighted by Gasteiger charge is 2.16. The summed E-state index contributed by atoms with van der Waals surface area (Å²) in [5.74, 6) is -0.0151. The van der Waals surface area contributed by atoms with E-state index in [9.17, 15) is 19.3 Å². The molecule has 9 heteroatoms. The van der Waals surface area contributed by atoms with Gasteiger partial charge in [0.25, 0.3) is 5.69 Å². The number of benzene rings is 2. The number of halogens is 2. The molecule has 0 bridgehead atoms. The van der Waals surface area contributed by atoms with E-state index in [1.54, 1.807) is 25.2 Å². The fraction of sp³-hybridized carbons (Fsp3) is 0.200. The predicted octanol–water partition coefficient (Wildman–Crippen LogP) is 4.63. The second kappa shape index (κ2) is 8.83. The Morgan fingerprint density at radius 3 is 2.79 bits per heavy atom. The fourth-order valence-corrected chi connectivity index (χ4v) is 2.93. The first kappa shape index (κ1) is 20.5. The molecule has 0 saturated heterocycles. The zero-order chi connectivity index (χ0) is 21.0. The minimum absolute atomic E-state index is 0.0919. The molecule has 2 aromatic carbocycles. The van der Waals surface area contributed by atoms with E-state index in [0.717, 1.165) is 0 Å². The Morgan fingerprint density at radius 1 is 1.31 bits per heavy atom. The van der Waals surface area contributed by atoms with Gasteiger partial charge in [0.1, 0.15) is 5.82 Å². The molecule has 0 fully saturated rings. The van der Waals surface area contributed by atoms with Crippen LogP contribution in [0.25, 0.3) is 11.3 Å². The van der Waals surface area contributed by atoms with E-state index in [1.165, 1.54) is 35.4 Å². The van der Waals surface area contributed by atoms with Crippen molar-refractivity contribution >= 4 is 23.2 Å². The maximum atomic E-state index is 13.8. The highest BCUT2D eigenvalue weighted by atomic mass is 35.5. The van der Waals surface area contributed by atoms with Gasteiger partial charge in [-0.3, -0.25) is 14.9 Å². The van der Waals surface area contributed by atoms with Crippen LogP contribution in [0.15, 0.2) is 53.1 Å². The van der Waals surface area contributed by atoms with Crippen LogP contribution in [0.1, 0.15) is 17.9 Å². The molecule has 3 aromatic rings. The number of non-ortho nitro benzene ring substituents is 1. The quantitative estimate of drug-likeness (QED) is 0.413. The van der Waals surface area contributed by atoms with Crippen LogP contribution in [-0.4, -0.2) is 27.8 Å². The summed E-state index contributed by atoms with van der Waals surface area (Å²) in [4.78, 5) is 28.3. The molecule has 0 aliphatic carbocycles. The van der Waals surface area contributed by atoms with Gasteiger partial charge in [-0.2, -0.15) is 0 Å². The van der Waals surface area contributed by atoms with Gasteiger partial charge in [0.05, 0.1) is 16.7 Å². The molecular weight excluding hydrogens is 401 g/mol. The van der Waals surface area contributed by atoms with Crippen LogP contribution >= 0.6 is 11.6 Å². The van der Waals surface area contributed by atoms with Crippen molar-refractivity contribution in [2.24, 2.45) is 0 Å². The zero-order valence-corrected chi connectivity index (χ0v) is 16.2. The number of nitro groups is 1. The number of amides is 1. The smallest absolute Gasteiger partial charge is 0.269 e. The second-order valence-corrected chi connectivity index (χ2v) is 6.79. The molecule has 7 nitrogen and oxygen atoms in total. The third-order valence-corrected chi connectivity index (χ3v) is 4.69. The first-order valence-electron chi connectivity index (χ1n) is 8.71. The Morgan fingerprint density at radius 2 is 2.07 bits per heavy atom. The molecule has 1 heterocycles. The zero-order valence-electron chi connectivity index (χ0n) is 15.5. The van der Waals surface area contributed by atoms with Crippen molar-refractivity contribution in [3.8, 4) is 11.3 Å². The Balaban J connectivity index is 1.61. The first-order chi connectivity index (χ1) is 13.8. The number of carbonyl (C=O) groups excluding carboxylic acids is 1. The van der Waals surface area contributed by atoms with Crippen molar-refractivity contribution in [2.45, 2.75) is 19.4 Å². The molecule has 29 heavy (non-hydrogen) atoms. The van der Waals surface area contributed by atoms with Crippen LogP contribution in [0.3, 0.4) is 0 Å². The summed E-state index contributed by atoms with van der Waals surface area (Å²) in [5, 5.41) is 11.3. The molecule has 3 rings (SSSR count). The van der Waals surface area contributed by atoms with Crippen LogP contribution in [-0.2, 0) is 17.8 Å². The summed E-state index contributed by atoms with van der Waals surface area (Å²) in [7, 11) is 1.58. The van der Waals surface area contributed by atoms with Gasteiger partial charge in [0.2, 0.25) is 5.91 Å². The molecule has 0 N–H and O–H groups in total. The summed E-state index contributed by atoms with van der Waals surface area (Å²) >= 11 is 6.08. The minimum Gasteiger partial charge on any atom is -0.441 e. The number of aromatic nitrogens is 1. The van der Waals surface area contributed by atoms with Crippen molar-refractivity contribution in [2.75, 3.05) is 7.05 Å². The van der Waals surface area contributed by atoms with Crippen molar-refractivity contribution in [1.29, 1.82) is 0 Å². The van der Waals surface area contributed by atoms with Crippen LogP contribution < -0.4 is 0 Å². The molecule has 0 saturated carbocycles. The van der Waals surface area contributed by atoms with E-state index in [1.807, 2.05) is 0 Å². The van der Waals surface area contributed by atoms with Gasteiger partial charge in [-0.05, 0) is 23.8 Å². The van der Waals surface area contributed by atoms with Crippen LogP contribution in [0.5, 0.6) is 0 Å². The van der Waals surface area contributed by atoms with Crippen LogP contribution in [0, 0.1) is 15.9 Å². The minimum atomic E-state index is -0.516. The van der Waals surface area contributed by atoms with E-state index in [-0.39, 0.29) is 31.0 Å². The number of hydrogen-bond acceptors (Lipinski definition) is 5. The van der Waals surface area contributed by atoms with Gasteiger partial charge in [-0.1, -0.05) is 23.7 Å². The van der Waals surface area contributed by atoms with Gasteiger partial charge in [0, 0.05) is 43.6 Å². The van der Waals surface area contributed by atoms with Gasteiger partial charge in [-0.15, -0.1) is 0 Å². The maximum absolute atomic E-state index is 13.8. The second-order valence-electron chi connectivity index (χ2n) is 6.38. The molecule has 1 aromatic heterocycles. The van der Waals surface area contributed by atoms with Crippen molar-refractivity contribution in [1.82, 2.24) is 9.88 Å². The van der Waals surface area contributed by atoms with Crippen molar-refractivity contribution < 1.29 is 18.5 Å². The summed E-state index contributed by atoms with van der Waals surface area (Å²) in [6.45, 7) is 0.130. The number of oxazole rings is 1. The maximum Gasteiger partial charge on any atom is 0.269 e. The number of aryl methyl sites for hydroxylation is 1. The number of nitrogens with zero attached hydrogens (tertiary/aromatic N) is 3. The third kappa shape index (κ3) is 4.97. The Bertz CT molecular complexity index is 1050. The van der Waals surface area contributed by atoms with E-state index < -0.39 is 10.7 Å². The van der Waals surface area contributed by atoms with Gasteiger partial charge >= 0.3 is 0 Å². The number of carbonyl (C=O) groups is 1. The molecule has 1 amide bonds. The molecule has 0 aliphatic rings. The molecule has 0 unspecified atom stereocenters. The third-order valence-electron chi connectivity index (χ3n) is 4.32. The van der Waals surface area contributed by atoms with E-state index in [2.05, 4.69) is 4.98 Å². The average Bonchev–Trinajstić information content (AvgIpc) is 3.16. The summed E-state index contributed by atoms with van der Waals surface area (Å²) in [6.07, 6.45) is 1.77. The standard InChI is InChI=1S/C20H17ClFN3O4/c1-24(12-13-10-14(25(27)28)6-7-16(13)21)20(26)9-8-19-23-11-18(29-19)15-4-2-3-5-17(15)22/h2-7,10-11H,8-9,12H2,1H3. The van der Waals surface area contributed by atoms with Gasteiger partial charge in [0.15, 0.2) is 11.7 Å². The molecule has 0 aliphatic heterocycles. The van der Waals surface area contributed by atoms with Gasteiger partial charge < -0.3 is 9.32 Å². The number of nitro benzene ring substituents is 1. The Hall–Kier alpha value is -3.26. The highest BCUT2D eigenvalue weighted by Crippen LogP contribution is 2.25.